The molecule has 2 unspecified atom stereocenters. The van der Waals surface area contributed by atoms with Gasteiger partial charge in [-0.3, -0.25) is 4.79 Å². The number of hydrogen-bond acceptors (Lipinski definition) is 3. The molecule has 2 saturated carbocycles. The summed E-state index contributed by atoms with van der Waals surface area (Å²) in [5.41, 5.74) is 5.69. The van der Waals surface area contributed by atoms with Gasteiger partial charge < -0.3 is 16.2 Å². The number of aliphatic hydroxyl groups is 1. The fourth-order valence-corrected chi connectivity index (χ4v) is 3.23. The van der Waals surface area contributed by atoms with Crippen LogP contribution in [0.1, 0.15) is 44.9 Å². The van der Waals surface area contributed by atoms with Gasteiger partial charge in [0.15, 0.2) is 0 Å². The first-order valence-corrected chi connectivity index (χ1v) is 6.91. The molecule has 0 aromatic carbocycles. The Morgan fingerprint density at radius 1 is 1.18 bits per heavy atom. The van der Waals surface area contributed by atoms with Crippen LogP contribution in [0.15, 0.2) is 0 Å². The lowest BCUT2D eigenvalue weighted by atomic mass is 9.90. The molecule has 0 aliphatic heterocycles. The Kier molecular flexibility index (Phi) is 4.40. The third-order valence-electron chi connectivity index (χ3n) is 4.36. The number of nitrogens with two attached hydrogens (primary N) is 1. The number of nitrogens with one attached hydrogen (secondary N) is 1. The number of rotatable bonds is 3. The molecule has 0 heterocycles. The first-order valence-electron chi connectivity index (χ1n) is 6.91. The van der Waals surface area contributed by atoms with Crippen LogP contribution in [-0.4, -0.2) is 29.7 Å². The summed E-state index contributed by atoms with van der Waals surface area (Å²) in [5.74, 6) is 0.536. The van der Waals surface area contributed by atoms with E-state index in [0.717, 1.165) is 44.9 Å². The minimum absolute atomic E-state index is 0.0322. The Hall–Kier alpha value is -0.610. The van der Waals surface area contributed by atoms with E-state index in [-0.39, 0.29) is 24.0 Å². The second-order valence-electron chi connectivity index (χ2n) is 5.50. The molecule has 4 heteroatoms. The van der Waals surface area contributed by atoms with E-state index in [9.17, 15) is 9.90 Å². The van der Waals surface area contributed by atoms with E-state index < -0.39 is 0 Å². The Morgan fingerprint density at radius 2 is 1.94 bits per heavy atom. The average molecular weight is 240 g/mol. The van der Waals surface area contributed by atoms with Gasteiger partial charge in [0.05, 0.1) is 12.1 Å². The van der Waals surface area contributed by atoms with Gasteiger partial charge in [-0.2, -0.15) is 0 Å². The molecule has 1 amide bonds. The highest BCUT2D eigenvalue weighted by atomic mass is 16.3. The Bertz CT molecular complexity index is 270. The van der Waals surface area contributed by atoms with Crippen molar-refractivity contribution in [3.8, 4) is 0 Å². The third-order valence-corrected chi connectivity index (χ3v) is 4.36. The normalized spacial score (nSPS) is 38.0. The number of amides is 1. The lowest BCUT2D eigenvalue weighted by molar-refractivity contribution is -0.128. The van der Waals surface area contributed by atoms with E-state index in [1.54, 1.807) is 0 Å². The molecule has 4 atom stereocenters. The summed E-state index contributed by atoms with van der Waals surface area (Å²) in [6, 6.07) is -0.0322. The molecule has 4 nitrogen and oxygen atoms in total. The van der Waals surface area contributed by atoms with Gasteiger partial charge in [-0.05, 0) is 38.1 Å². The van der Waals surface area contributed by atoms with Crippen molar-refractivity contribution in [1.82, 2.24) is 5.32 Å². The zero-order valence-electron chi connectivity index (χ0n) is 10.4. The molecule has 2 fully saturated rings. The van der Waals surface area contributed by atoms with Crippen LogP contribution in [0.25, 0.3) is 0 Å². The maximum Gasteiger partial charge on any atom is 0.223 e. The smallest absolute Gasteiger partial charge is 0.223 e. The van der Waals surface area contributed by atoms with Crippen LogP contribution in [-0.2, 0) is 4.79 Å². The summed E-state index contributed by atoms with van der Waals surface area (Å²) in [4.78, 5) is 12.2. The summed E-state index contributed by atoms with van der Waals surface area (Å²) in [7, 11) is 0. The van der Waals surface area contributed by atoms with Gasteiger partial charge in [-0.1, -0.05) is 19.3 Å². The van der Waals surface area contributed by atoms with E-state index in [1.165, 1.54) is 0 Å². The molecule has 98 valence electrons. The monoisotopic (exact) mass is 240 g/mol. The quantitative estimate of drug-likeness (QED) is 0.682. The van der Waals surface area contributed by atoms with E-state index >= 15 is 0 Å². The molecule has 0 saturated heterocycles. The average Bonchev–Trinajstić information content (AvgIpc) is 2.80. The second-order valence-corrected chi connectivity index (χ2v) is 5.50. The topological polar surface area (TPSA) is 75.4 Å². The van der Waals surface area contributed by atoms with Crippen LogP contribution in [0.2, 0.25) is 0 Å². The van der Waals surface area contributed by atoms with Crippen LogP contribution in [0.4, 0.5) is 0 Å². The highest BCUT2D eigenvalue weighted by Gasteiger charge is 2.34. The molecule has 4 N–H and O–H groups in total. The zero-order chi connectivity index (χ0) is 12.3. The second kappa shape index (κ2) is 5.83. The molecule has 0 bridgehead atoms. The van der Waals surface area contributed by atoms with Crippen molar-refractivity contribution >= 4 is 5.91 Å². The minimum Gasteiger partial charge on any atom is -0.391 e. The Balaban J connectivity index is 1.87. The summed E-state index contributed by atoms with van der Waals surface area (Å²) >= 11 is 0. The summed E-state index contributed by atoms with van der Waals surface area (Å²) in [6.07, 6.45) is 6.68. The molecule has 0 radical (unpaired) electrons. The molecule has 2 aliphatic rings. The van der Waals surface area contributed by atoms with Crippen molar-refractivity contribution in [1.29, 1.82) is 0 Å². The predicted molar refractivity (Wildman–Crippen MR) is 66.3 cm³/mol. The van der Waals surface area contributed by atoms with Crippen molar-refractivity contribution < 1.29 is 9.90 Å². The SMILES string of the molecule is NCC1CCCC1C(=O)N[C@@H]1CCCC[C@H]1O. The maximum atomic E-state index is 12.2. The fraction of sp³-hybridized carbons (Fsp3) is 0.923. The van der Waals surface area contributed by atoms with Crippen LogP contribution in [0.3, 0.4) is 0 Å². The van der Waals surface area contributed by atoms with Crippen LogP contribution < -0.4 is 11.1 Å². The molecule has 0 aromatic rings. The standard InChI is InChI=1S/C13H24N2O2/c14-8-9-4-3-5-10(9)13(17)15-11-6-1-2-7-12(11)16/h9-12,16H,1-8,14H2,(H,15,17)/t9?,10?,11-,12-/m1/s1. The van der Waals surface area contributed by atoms with Crippen LogP contribution in [0, 0.1) is 11.8 Å². The van der Waals surface area contributed by atoms with Crippen molar-refractivity contribution in [3.63, 3.8) is 0 Å². The van der Waals surface area contributed by atoms with E-state index in [4.69, 9.17) is 5.73 Å². The van der Waals surface area contributed by atoms with Crippen LogP contribution >= 0.6 is 0 Å². The van der Waals surface area contributed by atoms with E-state index in [2.05, 4.69) is 5.32 Å². The van der Waals surface area contributed by atoms with Crippen molar-refractivity contribution in [2.24, 2.45) is 17.6 Å². The van der Waals surface area contributed by atoms with E-state index in [0.29, 0.717) is 12.5 Å². The summed E-state index contributed by atoms with van der Waals surface area (Å²) in [6.45, 7) is 0.602. The number of hydrogen-bond donors (Lipinski definition) is 3. The maximum absolute atomic E-state index is 12.2. The molecule has 2 aliphatic carbocycles. The predicted octanol–water partition coefficient (Wildman–Crippen LogP) is 0.781. The molecule has 0 spiro atoms. The van der Waals surface area contributed by atoms with Crippen molar-refractivity contribution in [2.75, 3.05) is 6.54 Å². The zero-order valence-corrected chi connectivity index (χ0v) is 10.4. The Labute approximate surface area is 103 Å². The van der Waals surface area contributed by atoms with Gasteiger partial charge in [0.25, 0.3) is 0 Å². The van der Waals surface area contributed by atoms with Gasteiger partial charge in [0.2, 0.25) is 5.91 Å². The Morgan fingerprint density at radius 3 is 2.65 bits per heavy atom. The first kappa shape index (κ1) is 12.8. The number of carbonyl (C=O) groups excluding carboxylic acids is 1. The number of carbonyl (C=O) groups is 1. The van der Waals surface area contributed by atoms with Gasteiger partial charge >= 0.3 is 0 Å². The van der Waals surface area contributed by atoms with Gasteiger partial charge in [0, 0.05) is 5.92 Å². The molecular weight excluding hydrogens is 216 g/mol. The molecule has 2 rings (SSSR count). The fourth-order valence-electron chi connectivity index (χ4n) is 3.23. The van der Waals surface area contributed by atoms with Crippen molar-refractivity contribution in [3.05, 3.63) is 0 Å². The lowest BCUT2D eigenvalue weighted by Crippen LogP contribution is -2.48. The van der Waals surface area contributed by atoms with Crippen LogP contribution in [0.5, 0.6) is 0 Å². The number of aliphatic hydroxyl groups excluding tert-OH is 1. The molecular formula is C13H24N2O2. The highest BCUT2D eigenvalue weighted by molar-refractivity contribution is 5.79. The van der Waals surface area contributed by atoms with Gasteiger partial charge in [0.1, 0.15) is 0 Å². The van der Waals surface area contributed by atoms with Gasteiger partial charge in [-0.25, -0.2) is 0 Å². The molecule has 17 heavy (non-hydrogen) atoms. The summed E-state index contributed by atoms with van der Waals surface area (Å²) in [5, 5.41) is 12.9. The van der Waals surface area contributed by atoms with Crippen molar-refractivity contribution in [2.45, 2.75) is 57.1 Å². The lowest BCUT2D eigenvalue weighted by Gasteiger charge is -2.30. The largest absolute Gasteiger partial charge is 0.391 e. The highest BCUT2D eigenvalue weighted by Crippen LogP contribution is 2.31. The molecule has 0 aromatic heterocycles. The van der Waals surface area contributed by atoms with E-state index in [1.807, 2.05) is 0 Å². The first-order chi connectivity index (χ1) is 8.22. The summed E-state index contributed by atoms with van der Waals surface area (Å²) < 4.78 is 0. The van der Waals surface area contributed by atoms with Gasteiger partial charge in [-0.15, -0.1) is 0 Å². The minimum atomic E-state index is -0.356. The third kappa shape index (κ3) is 2.99.